The Labute approximate surface area is 151 Å². The molecule has 140 valence electrons. The van der Waals surface area contributed by atoms with Crippen LogP contribution in [0.15, 0.2) is 5.11 Å². The maximum absolute atomic E-state index is 13.5. The van der Waals surface area contributed by atoms with Crippen molar-refractivity contribution in [3.05, 3.63) is 10.4 Å². The largest absolute Gasteiger partial charge is 0.390 e. The van der Waals surface area contributed by atoms with Crippen molar-refractivity contribution in [2.24, 2.45) is 34.0 Å². The molecule has 1 heterocycles. The highest BCUT2D eigenvalue weighted by Gasteiger charge is 2.63. The first-order valence-electron chi connectivity index (χ1n) is 9.72. The smallest absolute Gasteiger partial charge is 0.240 e. The van der Waals surface area contributed by atoms with E-state index >= 15 is 0 Å². The van der Waals surface area contributed by atoms with Crippen molar-refractivity contribution >= 4 is 11.8 Å². The van der Waals surface area contributed by atoms with Crippen LogP contribution >= 0.6 is 0 Å². The van der Waals surface area contributed by atoms with E-state index in [-0.39, 0.29) is 11.9 Å². The molecule has 0 aromatic rings. The molecule has 6 atom stereocenters. The maximum atomic E-state index is 13.5. The average molecular weight is 359 g/mol. The molecule has 2 amide bonds. The van der Waals surface area contributed by atoms with E-state index in [1.165, 1.54) is 0 Å². The molecule has 26 heavy (non-hydrogen) atoms. The van der Waals surface area contributed by atoms with Gasteiger partial charge in [0.2, 0.25) is 11.8 Å². The fraction of sp³-hybridized carbons (Fsp3) is 0.889. The second-order valence-electron chi connectivity index (χ2n) is 9.62. The molecule has 1 aliphatic heterocycles. The third-order valence-corrected chi connectivity index (χ3v) is 7.74. The van der Waals surface area contributed by atoms with E-state index in [1.807, 2.05) is 0 Å². The van der Waals surface area contributed by atoms with Crippen LogP contribution < -0.4 is 5.73 Å². The molecule has 6 fully saturated rings. The number of carbonyl (C=O) groups excluding carboxylic acids is 2. The van der Waals surface area contributed by atoms with Crippen LogP contribution in [0.2, 0.25) is 0 Å². The number of rotatable bonds is 4. The number of primary amides is 1. The van der Waals surface area contributed by atoms with Gasteiger partial charge in [-0.1, -0.05) is 5.11 Å². The zero-order valence-corrected chi connectivity index (χ0v) is 14.8. The summed E-state index contributed by atoms with van der Waals surface area (Å²) >= 11 is 0. The first-order valence-corrected chi connectivity index (χ1v) is 9.72. The number of carbonyl (C=O) groups is 2. The van der Waals surface area contributed by atoms with Gasteiger partial charge in [-0.15, -0.1) is 0 Å². The molecule has 4 bridgehead atoms. The molecule has 5 saturated carbocycles. The number of likely N-dealkylation sites (tertiary alicyclic amines) is 1. The zero-order valence-electron chi connectivity index (χ0n) is 14.8. The van der Waals surface area contributed by atoms with Crippen LogP contribution in [-0.2, 0) is 9.59 Å². The molecule has 3 N–H and O–H groups in total. The number of piperidine rings is 1. The summed E-state index contributed by atoms with van der Waals surface area (Å²) < 4.78 is 0. The van der Waals surface area contributed by atoms with E-state index in [4.69, 9.17) is 5.73 Å². The van der Waals surface area contributed by atoms with E-state index in [2.05, 4.69) is 10.0 Å². The van der Waals surface area contributed by atoms with Crippen molar-refractivity contribution in [1.82, 2.24) is 4.90 Å². The summed E-state index contributed by atoms with van der Waals surface area (Å²) in [6.45, 7) is 0. The van der Waals surface area contributed by atoms with Gasteiger partial charge in [0.1, 0.15) is 12.1 Å². The summed E-state index contributed by atoms with van der Waals surface area (Å²) in [6, 6.07) is -1.36. The Morgan fingerprint density at radius 1 is 1.19 bits per heavy atom. The van der Waals surface area contributed by atoms with Crippen LogP contribution in [0.5, 0.6) is 0 Å². The number of amides is 2. The average Bonchev–Trinajstić information content (AvgIpc) is 3.19. The van der Waals surface area contributed by atoms with E-state index in [9.17, 15) is 20.2 Å². The lowest BCUT2D eigenvalue weighted by Gasteiger charge is -2.61. The number of azide groups is 1. The quantitative estimate of drug-likeness (QED) is 0.447. The van der Waals surface area contributed by atoms with Crippen LogP contribution in [-0.4, -0.2) is 45.5 Å². The van der Waals surface area contributed by atoms with Gasteiger partial charge in [-0.2, -0.15) is 0 Å². The molecule has 0 aromatic carbocycles. The third-order valence-electron chi connectivity index (χ3n) is 7.74. The van der Waals surface area contributed by atoms with Gasteiger partial charge in [0, 0.05) is 11.0 Å². The standard InChI is InChI=1S/C18H25N5O3/c19-15(24)13-3-11-2-12(11)23(13)16(25)14(21-22-20)17-4-9-1-10(5-17)7-18(26,6-9)8-17/h9-14,26H,1-8H2,(H2,19,24)/t9?,10?,11-,12-,13-,14-,17?,18?/m0/s1. The topological polar surface area (TPSA) is 132 Å². The fourth-order valence-electron chi connectivity index (χ4n) is 7.26. The molecule has 0 aromatic heterocycles. The molecule has 6 aliphatic rings. The summed E-state index contributed by atoms with van der Waals surface area (Å²) in [5.74, 6) is 0.412. The number of nitrogens with zero attached hydrogens (tertiary/aromatic N) is 4. The van der Waals surface area contributed by atoms with Gasteiger partial charge < -0.3 is 15.7 Å². The first kappa shape index (κ1) is 16.4. The molecule has 5 aliphatic carbocycles. The van der Waals surface area contributed by atoms with Crippen molar-refractivity contribution in [3.8, 4) is 0 Å². The summed E-state index contributed by atoms with van der Waals surface area (Å²) in [6.07, 6.45) is 6.37. The van der Waals surface area contributed by atoms with E-state index < -0.39 is 29.0 Å². The van der Waals surface area contributed by atoms with Crippen LogP contribution in [0.25, 0.3) is 10.4 Å². The van der Waals surface area contributed by atoms with Gasteiger partial charge in [-0.25, -0.2) is 0 Å². The van der Waals surface area contributed by atoms with Crippen molar-refractivity contribution in [1.29, 1.82) is 0 Å². The van der Waals surface area contributed by atoms with Gasteiger partial charge in [-0.05, 0) is 80.1 Å². The highest BCUT2D eigenvalue weighted by atomic mass is 16.3. The number of fused-ring (bicyclic) bond motifs is 1. The molecule has 0 spiro atoms. The predicted molar refractivity (Wildman–Crippen MR) is 91.3 cm³/mol. The van der Waals surface area contributed by atoms with Crippen LogP contribution in [0, 0.1) is 23.2 Å². The second kappa shape index (κ2) is 5.14. The van der Waals surface area contributed by atoms with Gasteiger partial charge in [-0.3, -0.25) is 9.59 Å². The molecular weight excluding hydrogens is 334 g/mol. The van der Waals surface area contributed by atoms with Gasteiger partial charge in [0.15, 0.2) is 0 Å². The van der Waals surface area contributed by atoms with Gasteiger partial charge in [0.25, 0.3) is 0 Å². The molecule has 8 nitrogen and oxygen atoms in total. The normalized spacial score (nSPS) is 48.7. The lowest BCUT2D eigenvalue weighted by molar-refractivity contribution is -0.178. The SMILES string of the molecule is [N-]=[N+]=N[C@@H](C(=O)N1[C@H](C(N)=O)C[C@@H]2C[C@@H]21)C12CC3CC(CC(O)(C3)C1)C2. The summed E-state index contributed by atoms with van der Waals surface area (Å²) in [4.78, 5) is 29.9. The number of nitrogens with two attached hydrogens (primary N) is 1. The molecule has 6 rings (SSSR count). The second-order valence-corrected chi connectivity index (χ2v) is 9.62. The maximum Gasteiger partial charge on any atom is 0.240 e. The monoisotopic (exact) mass is 359 g/mol. The summed E-state index contributed by atoms with van der Waals surface area (Å²) in [5, 5.41) is 15.0. The minimum absolute atomic E-state index is 0.0633. The fourth-order valence-corrected chi connectivity index (χ4v) is 7.26. The number of hydrogen-bond acceptors (Lipinski definition) is 4. The van der Waals surface area contributed by atoms with Crippen LogP contribution in [0.4, 0.5) is 0 Å². The van der Waals surface area contributed by atoms with Crippen molar-refractivity contribution in [2.45, 2.75) is 75.1 Å². The number of hydrogen-bond donors (Lipinski definition) is 2. The highest BCUT2D eigenvalue weighted by Crippen LogP contribution is 2.64. The zero-order chi connectivity index (χ0) is 18.3. The molecular formula is C18H25N5O3. The minimum Gasteiger partial charge on any atom is -0.390 e. The Bertz CT molecular complexity index is 718. The Hall–Kier alpha value is -1.79. The van der Waals surface area contributed by atoms with Crippen molar-refractivity contribution < 1.29 is 14.7 Å². The van der Waals surface area contributed by atoms with E-state index in [0.717, 1.165) is 38.5 Å². The minimum atomic E-state index is -0.842. The summed E-state index contributed by atoms with van der Waals surface area (Å²) in [7, 11) is 0. The van der Waals surface area contributed by atoms with Crippen molar-refractivity contribution in [3.63, 3.8) is 0 Å². The Balaban J connectivity index is 1.50. The first-order chi connectivity index (χ1) is 12.3. The van der Waals surface area contributed by atoms with E-state index in [1.54, 1.807) is 4.90 Å². The molecule has 8 heteroatoms. The highest BCUT2D eigenvalue weighted by molar-refractivity contribution is 5.91. The lowest BCUT2D eigenvalue weighted by Crippen LogP contribution is -2.62. The number of aliphatic hydroxyl groups is 1. The van der Waals surface area contributed by atoms with Crippen LogP contribution in [0.1, 0.15) is 51.4 Å². The summed E-state index contributed by atoms with van der Waals surface area (Å²) in [5.41, 5.74) is 13.5. The molecule has 2 unspecified atom stereocenters. The Kier molecular flexibility index (Phi) is 3.24. The molecule has 0 radical (unpaired) electrons. The van der Waals surface area contributed by atoms with Crippen LogP contribution in [0.3, 0.4) is 0 Å². The lowest BCUT2D eigenvalue weighted by atomic mass is 9.46. The third kappa shape index (κ3) is 2.21. The van der Waals surface area contributed by atoms with Gasteiger partial charge >= 0.3 is 0 Å². The van der Waals surface area contributed by atoms with E-state index in [0.29, 0.717) is 30.6 Å². The molecule has 1 saturated heterocycles. The van der Waals surface area contributed by atoms with Crippen molar-refractivity contribution in [2.75, 3.05) is 0 Å². The Morgan fingerprint density at radius 2 is 1.88 bits per heavy atom. The van der Waals surface area contributed by atoms with Gasteiger partial charge in [0.05, 0.1) is 5.60 Å². The predicted octanol–water partition coefficient (Wildman–Crippen LogP) is 1.47. The Morgan fingerprint density at radius 3 is 2.46 bits per heavy atom.